The molecule has 1 aliphatic heterocycles. The van der Waals surface area contributed by atoms with E-state index in [1.54, 1.807) is 4.90 Å². The lowest BCUT2D eigenvalue weighted by atomic mass is 10.2. The van der Waals surface area contributed by atoms with Crippen molar-refractivity contribution in [3.63, 3.8) is 0 Å². The molecule has 0 fully saturated rings. The molecule has 0 aliphatic carbocycles. The highest BCUT2D eigenvalue weighted by Crippen LogP contribution is 2.28. The highest BCUT2D eigenvalue weighted by molar-refractivity contribution is 6.00. The molecular weight excluding hydrogens is 387 g/mol. The van der Waals surface area contributed by atoms with Crippen molar-refractivity contribution >= 4 is 23.6 Å². The first-order chi connectivity index (χ1) is 13.7. The number of esters is 1. The third-order valence-corrected chi connectivity index (χ3v) is 4.32. The van der Waals surface area contributed by atoms with E-state index in [4.69, 9.17) is 4.74 Å². The van der Waals surface area contributed by atoms with Crippen LogP contribution in [0.15, 0.2) is 54.6 Å². The van der Waals surface area contributed by atoms with E-state index in [-0.39, 0.29) is 11.7 Å². The highest BCUT2D eigenvalue weighted by Gasteiger charge is 2.31. The molecule has 2 aromatic rings. The summed E-state index contributed by atoms with van der Waals surface area (Å²) in [5, 5.41) is 0. The number of hydrogen-bond donors (Lipinski definition) is 0. The number of fused-ring (bicyclic) bond motifs is 1. The monoisotopic (exact) mass is 405 g/mol. The molecule has 3 rings (SSSR count). The molecule has 0 radical (unpaired) electrons. The van der Waals surface area contributed by atoms with Gasteiger partial charge in [-0.3, -0.25) is 4.79 Å². The van der Waals surface area contributed by atoms with Gasteiger partial charge < -0.3 is 14.4 Å². The van der Waals surface area contributed by atoms with Crippen molar-refractivity contribution in [2.75, 3.05) is 11.4 Å². The van der Waals surface area contributed by atoms with Crippen LogP contribution in [-0.4, -0.2) is 30.9 Å². The number of rotatable bonds is 5. The summed E-state index contributed by atoms with van der Waals surface area (Å²) in [5.41, 5.74) is 2.36. The summed E-state index contributed by atoms with van der Waals surface area (Å²) in [6, 6.07) is 12.5. The van der Waals surface area contributed by atoms with Crippen LogP contribution >= 0.6 is 0 Å². The molecule has 29 heavy (non-hydrogen) atoms. The van der Waals surface area contributed by atoms with Crippen molar-refractivity contribution in [1.29, 1.82) is 0 Å². The Morgan fingerprint density at radius 1 is 1.10 bits per heavy atom. The fourth-order valence-electron chi connectivity index (χ4n) is 3.00. The van der Waals surface area contributed by atoms with Crippen molar-refractivity contribution in [2.24, 2.45) is 0 Å². The smallest absolute Gasteiger partial charge is 0.449 e. The predicted octanol–water partition coefficient (Wildman–Crippen LogP) is 4.12. The van der Waals surface area contributed by atoms with Gasteiger partial charge in [0, 0.05) is 18.3 Å². The lowest BCUT2D eigenvalue weighted by Crippen LogP contribution is -2.38. The third-order valence-electron chi connectivity index (χ3n) is 4.32. The SMILES string of the molecule is C[C@H](OC(=O)/C=C/c1ccc(OC(F)(F)F)cc1)C(=O)N1CCc2ccccc21. The van der Waals surface area contributed by atoms with E-state index >= 15 is 0 Å². The van der Waals surface area contributed by atoms with E-state index in [9.17, 15) is 22.8 Å². The van der Waals surface area contributed by atoms with Gasteiger partial charge in [0.2, 0.25) is 0 Å². The van der Waals surface area contributed by atoms with Gasteiger partial charge >= 0.3 is 12.3 Å². The summed E-state index contributed by atoms with van der Waals surface area (Å²) in [6.07, 6.45) is -2.50. The van der Waals surface area contributed by atoms with Gasteiger partial charge in [-0.1, -0.05) is 30.3 Å². The predicted molar refractivity (Wildman–Crippen MR) is 100 cm³/mol. The van der Waals surface area contributed by atoms with Crippen LogP contribution in [0.3, 0.4) is 0 Å². The van der Waals surface area contributed by atoms with Gasteiger partial charge in [-0.25, -0.2) is 4.79 Å². The normalized spacial score (nSPS) is 14.6. The van der Waals surface area contributed by atoms with E-state index in [0.29, 0.717) is 12.1 Å². The molecular formula is C21H18F3NO4. The van der Waals surface area contributed by atoms with Gasteiger partial charge in [-0.05, 0) is 48.7 Å². The Morgan fingerprint density at radius 3 is 2.48 bits per heavy atom. The maximum atomic E-state index is 12.6. The average molecular weight is 405 g/mol. The first-order valence-electron chi connectivity index (χ1n) is 8.87. The number of amides is 1. The summed E-state index contributed by atoms with van der Waals surface area (Å²) < 4.78 is 45.4. The van der Waals surface area contributed by atoms with Gasteiger partial charge in [-0.15, -0.1) is 13.2 Å². The van der Waals surface area contributed by atoms with Crippen LogP contribution in [0.2, 0.25) is 0 Å². The van der Waals surface area contributed by atoms with E-state index in [1.165, 1.54) is 25.1 Å². The standard InChI is InChI=1S/C21H18F3NO4/c1-14(20(27)25-13-12-16-4-2-3-5-18(16)25)28-19(26)11-8-15-6-9-17(10-7-15)29-21(22,23)24/h2-11,14H,12-13H2,1H3/b11-8+/t14-/m0/s1. The number of benzene rings is 2. The van der Waals surface area contributed by atoms with Gasteiger partial charge in [0.15, 0.2) is 6.10 Å². The summed E-state index contributed by atoms with van der Waals surface area (Å²) in [5.74, 6) is -1.40. The Hall–Kier alpha value is -3.29. The number of hydrogen-bond acceptors (Lipinski definition) is 4. The molecule has 0 aromatic heterocycles. The maximum absolute atomic E-state index is 12.6. The molecule has 8 heteroatoms. The van der Waals surface area contributed by atoms with Crippen LogP contribution < -0.4 is 9.64 Å². The molecule has 0 saturated carbocycles. The zero-order valence-electron chi connectivity index (χ0n) is 15.5. The molecule has 0 bridgehead atoms. The molecule has 0 N–H and O–H groups in total. The van der Waals surface area contributed by atoms with Crippen molar-refractivity contribution in [2.45, 2.75) is 25.8 Å². The minimum absolute atomic E-state index is 0.314. The number of alkyl halides is 3. The van der Waals surface area contributed by atoms with Gasteiger partial charge in [-0.2, -0.15) is 0 Å². The van der Waals surface area contributed by atoms with Gasteiger partial charge in [0.05, 0.1) is 0 Å². The van der Waals surface area contributed by atoms with E-state index in [0.717, 1.165) is 35.9 Å². The Morgan fingerprint density at radius 2 is 1.79 bits per heavy atom. The third kappa shape index (κ3) is 5.37. The van der Waals surface area contributed by atoms with Crippen molar-refractivity contribution in [3.8, 4) is 5.75 Å². The van der Waals surface area contributed by atoms with Gasteiger partial charge in [0.1, 0.15) is 5.75 Å². The number of nitrogens with zero attached hydrogens (tertiary/aromatic N) is 1. The second-order valence-corrected chi connectivity index (χ2v) is 6.40. The number of ether oxygens (including phenoxy) is 2. The van der Waals surface area contributed by atoms with Crippen molar-refractivity contribution in [1.82, 2.24) is 0 Å². The van der Waals surface area contributed by atoms with E-state index in [1.807, 2.05) is 24.3 Å². The Labute approximate surface area is 165 Å². The Kier molecular flexibility index (Phi) is 5.91. The first kappa shape index (κ1) is 20.4. The number of halogens is 3. The Balaban J connectivity index is 1.55. The number of carbonyl (C=O) groups is 2. The summed E-state index contributed by atoms with van der Waals surface area (Å²) in [4.78, 5) is 26.2. The van der Waals surface area contributed by atoms with Crippen LogP contribution in [0, 0.1) is 0 Å². The fraction of sp³-hybridized carbons (Fsp3) is 0.238. The summed E-state index contributed by atoms with van der Waals surface area (Å²) >= 11 is 0. The molecule has 152 valence electrons. The number of anilines is 1. The number of para-hydroxylation sites is 1. The average Bonchev–Trinajstić information content (AvgIpc) is 3.09. The molecule has 1 aliphatic rings. The molecule has 2 aromatic carbocycles. The zero-order valence-corrected chi connectivity index (χ0v) is 15.5. The molecule has 0 spiro atoms. The van der Waals surface area contributed by atoms with Crippen LogP contribution in [-0.2, 0) is 20.7 Å². The second-order valence-electron chi connectivity index (χ2n) is 6.40. The number of carbonyl (C=O) groups excluding carboxylic acids is 2. The topological polar surface area (TPSA) is 55.8 Å². The quantitative estimate of drug-likeness (QED) is 0.555. The Bertz CT molecular complexity index is 922. The van der Waals surface area contributed by atoms with Crippen LogP contribution in [0.4, 0.5) is 18.9 Å². The van der Waals surface area contributed by atoms with Crippen LogP contribution in [0.25, 0.3) is 6.08 Å². The molecule has 0 unspecified atom stereocenters. The maximum Gasteiger partial charge on any atom is 0.573 e. The van der Waals surface area contributed by atoms with Gasteiger partial charge in [0.25, 0.3) is 5.91 Å². The molecule has 1 amide bonds. The highest BCUT2D eigenvalue weighted by atomic mass is 19.4. The van der Waals surface area contributed by atoms with E-state index in [2.05, 4.69) is 4.74 Å². The molecule has 0 saturated heterocycles. The second kappa shape index (κ2) is 8.38. The zero-order chi connectivity index (χ0) is 21.0. The molecule has 1 heterocycles. The van der Waals surface area contributed by atoms with Crippen molar-refractivity contribution in [3.05, 3.63) is 65.7 Å². The molecule has 1 atom stereocenters. The lowest BCUT2D eigenvalue weighted by molar-refractivity contribution is -0.274. The minimum Gasteiger partial charge on any atom is -0.449 e. The lowest BCUT2D eigenvalue weighted by Gasteiger charge is -2.21. The van der Waals surface area contributed by atoms with Crippen LogP contribution in [0.5, 0.6) is 5.75 Å². The summed E-state index contributed by atoms with van der Waals surface area (Å²) in [6.45, 7) is 2.03. The fourth-order valence-corrected chi connectivity index (χ4v) is 3.00. The largest absolute Gasteiger partial charge is 0.573 e. The minimum atomic E-state index is -4.76. The van der Waals surface area contributed by atoms with Crippen molar-refractivity contribution < 1.29 is 32.2 Å². The molecule has 5 nitrogen and oxygen atoms in total. The summed E-state index contributed by atoms with van der Waals surface area (Å²) in [7, 11) is 0. The first-order valence-corrected chi connectivity index (χ1v) is 8.87. The van der Waals surface area contributed by atoms with Crippen LogP contribution in [0.1, 0.15) is 18.1 Å². The van der Waals surface area contributed by atoms with E-state index < -0.39 is 18.4 Å².